The zero-order chi connectivity index (χ0) is 21.0. The quantitative estimate of drug-likeness (QED) is 0.671. The van der Waals surface area contributed by atoms with Crippen LogP contribution in [0.25, 0.3) is 0 Å². The molecule has 1 aromatic heterocycles. The van der Waals surface area contributed by atoms with E-state index in [9.17, 15) is 9.18 Å². The first kappa shape index (κ1) is 21.5. The van der Waals surface area contributed by atoms with Gasteiger partial charge in [-0.3, -0.25) is 9.48 Å². The second kappa shape index (κ2) is 9.53. The maximum absolute atomic E-state index is 13.6. The molecule has 5 nitrogen and oxygen atoms in total. The molecule has 0 N–H and O–H groups in total. The van der Waals surface area contributed by atoms with Crippen LogP contribution in [0.15, 0.2) is 24.3 Å². The van der Waals surface area contributed by atoms with Crippen LogP contribution in [-0.4, -0.2) is 39.8 Å². The van der Waals surface area contributed by atoms with E-state index in [1.54, 1.807) is 6.07 Å². The molecule has 1 unspecified atom stereocenters. The first-order chi connectivity index (χ1) is 13.8. The van der Waals surface area contributed by atoms with Gasteiger partial charge in [0.05, 0.1) is 18.2 Å². The molecule has 158 valence electrons. The molecule has 0 spiro atoms. The van der Waals surface area contributed by atoms with E-state index in [2.05, 4.69) is 18.9 Å². The molecule has 29 heavy (non-hydrogen) atoms. The van der Waals surface area contributed by atoms with Crippen LogP contribution in [0, 0.1) is 25.6 Å². The number of hydrogen-bond donors (Lipinski definition) is 0. The molecule has 1 atom stereocenters. The number of halogens is 1. The summed E-state index contributed by atoms with van der Waals surface area (Å²) in [5.74, 6) is 0.231. The number of ether oxygens (including phenoxy) is 1. The van der Waals surface area contributed by atoms with Gasteiger partial charge in [0.15, 0.2) is 0 Å². The zero-order valence-electron chi connectivity index (χ0n) is 17.9. The van der Waals surface area contributed by atoms with E-state index in [0.717, 1.165) is 48.5 Å². The van der Waals surface area contributed by atoms with Crippen LogP contribution >= 0.6 is 0 Å². The summed E-state index contributed by atoms with van der Waals surface area (Å²) < 4.78 is 21.4. The van der Waals surface area contributed by atoms with Crippen molar-refractivity contribution in [3.05, 3.63) is 52.6 Å². The molecule has 1 aliphatic heterocycles. The van der Waals surface area contributed by atoms with Gasteiger partial charge in [-0.05, 0) is 50.3 Å². The van der Waals surface area contributed by atoms with Crippen LogP contribution in [0.3, 0.4) is 0 Å². The Balaban J connectivity index is 1.78. The predicted octanol–water partition coefficient (Wildman–Crippen LogP) is 4.05. The monoisotopic (exact) mass is 401 g/mol. The van der Waals surface area contributed by atoms with Crippen molar-refractivity contribution in [3.63, 3.8) is 0 Å². The lowest BCUT2D eigenvalue weighted by atomic mass is 10.1. The third kappa shape index (κ3) is 5.66. The Labute approximate surface area is 172 Å². The van der Waals surface area contributed by atoms with Crippen LogP contribution in [0.1, 0.15) is 49.2 Å². The third-order valence-corrected chi connectivity index (χ3v) is 5.46. The number of aryl methyl sites for hydroxylation is 1. The summed E-state index contributed by atoms with van der Waals surface area (Å²) >= 11 is 0. The first-order valence-electron chi connectivity index (χ1n) is 10.5. The van der Waals surface area contributed by atoms with E-state index in [1.807, 2.05) is 29.5 Å². The molecule has 3 rings (SSSR count). The highest BCUT2D eigenvalue weighted by molar-refractivity contribution is 5.79. The Bertz CT molecular complexity index is 841. The van der Waals surface area contributed by atoms with Crippen molar-refractivity contribution in [2.45, 2.75) is 66.2 Å². The van der Waals surface area contributed by atoms with Crippen molar-refractivity contribution >= 4 is 5.91 Å². The molecule has 1 aromatic carbocycles. The number of benzene rings is 1. The van der Waals surface area contributed by atoms with Crippen molar-refractivity contribution < 1.29 is 13.9 Å². The maximum Gasteiger partial charge on any atom is 0.227 e. The molecule has 1 saturated heterocycles. The number of nitrogens with zero attached hydrogens (tertiary/aromatic N) is 3. The number of carbonyl (C=O) groups excluding carboxylic acids is 1. The highest BCUT2D eigenvalue weighted by atomic mass is 19.1. The van der Waals surface area contributed by atoms with Crippen molar-refractivity contribution in [1.82, 2.24) is 14.7 Å². The molecule has 6 heteroatoms. The van der Waals surface area contributed by atoms with Gasteiger partial charge in [-0.25, -0.2) is 4.39 Å². The Morgan fingerprint density at radius 2 is 2.17 bits per heavy atom. The topological polar surface area (TPSA) is 47.4 Å². The van der Waals surface area contributed by atoms with Crippen LogP contribution in [-0.2, 0) is 29.0 Å². The number of hydrogen-bond acceptors (Lipinski definition) is 3. The summed E-state index contributed by atoms with van der Waals surface area (Å²) in [7, 11) is 0. The van der Waals surface area contributed by atoms with Crippen LogP contribution < -0.4 is 0 Å². The SMILES string of the molecule is Cc1nn(CC(C)C)c(C)c1CC(=O)N(Cc1cccc(F)c1)CC1CCCO1. The molecule has 1 fully saturated rings. The highest BCUT2D eigenvalue weighted by Crippen LogP contribution is 2.20. The number of rotatable bonds is 8. The second-order valence-corrected chi connectivity index (χ2v) is 8.44. The lowest BCUT2D eigenvalue weighted by Gasteiger charge is -2.26. The number of carbonyl (C=O) groups is 1. The minimum Gasteiger partial charge on any atom is -0.376 e. The summed E-state index contributed by atoms with van der Waals surface area (Å²) in [5, 5.41) is 4.63. The van der Waals surface area contributed by atoms with E-state index in [4.69, 9.17) is 4.74 Å². The van der Waals surface area contributed by atoms with E-state index in [1.165, 1.54) is 12.1 Å². The third-order valence-electron chi connectivity index (χ3n) is 5.46. The maximum atomic E-state index is 13.6. The minimum atomic E-state index is -0.284. The summed E-state index contributed by atoms with van der Waals surface area (Å²) in [6, 6.07) is 6.46. The average molecular weight is 402 g/mol. The summed E-state index contributed by atoms with van der Waals surface area (Å²) in [6.07, 6.45) is 2.33. The van der Waals surface area contributed by atoms with Gasteiger partial charge >= 0.3 is 0 Å². The van der Waals surface area contributed by atoms with E-state index in [-0.39, 0.29) is 17.8 Å². The number of aromatic nitrogens is 2. The predicted molar refractivity (Wildman–Crippen MR) is 111 cm³/mol. The van der Waals surface area contributed by atoms with Gasteiger partial charge in [0.2, 0.25) is 5.91 Å². The largest absolute Gasteiger partial charge is 0.376 e. The van der Waals surface area contributed by atoms with Gasteiger partial charge in [-0.15, -0.1) is 0 Å². The lowest BCUT2D eigenvalue weighted by Crippen LogP contribution is -2.38. The van der Waals surface area contributed by atoms with Gasteiger partial charge in [0, 0.05) is 37.5 Å². The first-order valence-corrected chi connectivity index (χ1v) is 10.5. The fraction of sp³-hybridized carbons (Fsp3) is 0.565. The molecule has 0 aliphatic carbocycles. The molecule has 0 radical (unpaired) electrons. The fourth-order valence-corrected chi connectivity index (χ4v) is 3.92. The van der Waals surface area contributed by atoms with Crippen LogP contribution in [0.2, 0.25) is 0 Å². The van der Waals surface area contributed by atoms with Crippen molar-refractivity contribution in [2.75, 3.05) is 13.2 Å². The van der Waals surface area contributed by atoms with Gasteiger partial charge in [-0.2, -0.15) is 5.10 Å². The molecule has 0 saturated carbocycles. The molecule has 1 aliphatic rings. The molecule has 2 heterocycles. The van der Waals surface area contributed by atoms with Crippen molar-refractivity contribution in [3.8, 4) is 0 Å². The van der Waals surface area contributed by atoms with E-state index in [0.29, 0.717) is 25.4 Å². The Morgan fingerprint density at radius 1 is 1.38 bits per heavy atom. The molecule has 2 aromatic rings. The molecular weight excluding hydrogens is 369 g/mol. The highest BCUT2D eigenvalue weighted by Gasteiger charge is 2.25. The average Bonchev–Trinajstić information content (AvgIpc) is 3.25. The van der Waals surface area contributed by atoms with Crippen LogP contribution in [0.4, 0.5) is 4.39 Å². The zero-order valence-corrected chi connectivity index (χ0v) is 17.9. The van der Waals surface area contributed by atoms with Crippen molar-refractivity contribution in [2.24, 2.45) is 5.92 Å². The van der Waals surface area contributed by atoms with Gasteiger partial charge in [0.25, 0.3) is 0 Å². The Hall–Kier alpha value is -2.21. The molecule has 1 amide bonds. The number of amides is 1. The van der Waals surface area contributed by atoms with Gasteiger partial charge in [-0.1, -0.05) is 26.0 Å². The van der Waals surface area contributed by atoms with E-state index < -0.39 is 0 Å². The molecular formula is C23H32FN3O2. The van der Waals surface area contributed by atoms with Crippen LogP contribution in [0.5, 0.6) is 0 Å². The standard InChI is InChI=1S/C23H32FN3O2/c1-16(2)13-27-18(4)22(17(3)25-27)12-23(28)26(15-21-9-6-10-29-21)14-19-7-5-8-20(24)11-19/h5,7-8,11,16,21H,6,9-10,12-15H2,1-4H3. The second-order valence-electron chi connectivity index (χ2n) is 8.44. The van der Waals surface area contributed by atoms with E-state index >= 15 is 0 Å². The van der Waals surface area contributed by atoms with Gasteiger partial charge in [0.1, 0.15) is 5.82 Å². The smallest absolute Gasteiger partial charge is 0.227 e. The Kier molecular flexibility index (Phi) is 7.06. The molecule has 0 bridgehead atoms. The lowest BCUT2D eigenvalue weighted by molar-refractivity contribution is -0.132. The Morgan fingerprint density at radius 3 is 2.83 bits per heavy atom. The minimum absolute atomic E-state index is 0.0278. The summed E-state index contributed by atoms with van der Waals surface area (Å²) in [4.78, 5) is 15.1. The summed E-state index contributed by atoms with van der Waals surface area (Å²) in [5.41, 5.74) is 3.74. The fourth-order valence-electron chi connectivity index (χ4n) is 3.92. The van der Waals surface area contributed by atoms with Gasteiger partial charge < -0.3 is 9.64 Å². The normalized spacial score (nSPS) is 16.6. The van der Waals surface area contributed by atoms with Crippen molar-refractivity contribution in [1.29, 1.82) is 0 Å². The summed E-state index contributed by atoms with van der Waals surface area (Å²) in [6.45, 7) is 10.8.